The van der Waals surface area contributed by atoms with Crippen LogP contribution in [0.3, 0.4) is 0 Å². The summed E-state index contributed by atoms with van der Waals surface area (Å²) in [5.41, 5.74) is 10.4. The highest BCUT2D eigenvalue weighted by Crippen LogP contribution is 2.33. The minimum absolute atomic E-state index is 0.398. The zero-order valence-electron chi connectivity index (χ0n) is 13.3. The Morgan fingerprint density at radius 1 is 1.22 bits per heavy atom. The molecule has 3 N–H and O–H groups in total. The van der Waals surface area contributed by atoms with E-state index in [4.69, 9.17) is 5.73 Å². The summed E-state index contributed by atoms with van der Waals surface area (Å²) in [5, 5.41) is 9.82. The molecule has 23 heavy (non-hydrogen) atoms. The molecule has 3 unspecified atom stereocenters. The predicted molar refractivity (Wildman–Crippen MR) is 91.6 cm³/mol. The summed E-state index contributed by atoms with van der Waals surface area (Å²) >= 11 is 0. The smallest absolute Gasteiger partial charge is 0.250 e. The molecule has 1 aromatic carbocycles. The van der Waals surface area contributed by atoms with Crippen molar-refractivity contribution in [2.45, 2.75) is 32.8 Å². The number of alkyl halides is 1. The molecule has 0 aliphatic rings. The average molecular weight is 334 g/mol. The molecule has 1 heterocycles. The van der Waals surface area contributed by atoms with Crippen molar-refractivity contribution >= 4 is 15.1 Å². The lowest BCUT2D eigenvalue weighted by molar-refractivity contribution is -0.126. The van der Waals surface area contributed by atoms with Gasteiger partial charge in [0.15, 0.2) is 12.0 Å². The molecular weight excluding hydrogens is 314 g/mol. The zero-order valence-corrected chi connectivity index (χ0v) is 14.5. The van der Waals surface area contributed by atoms with Crippen molar-refractivity contribution in [2.75, 3.05) is 0 Å². The molecule has 0 spiro atoms. The lowest BCUT2D eigenvalue weighted by Crippen LogP contribution is -2.21. The van der Waals surface area contributed by atoms with Gasteiger partial charge in [-0.25, -0.2) is 4.39 Å². The van der Waals surface area contributed by atoms with Crippen LogP contribution in [-0.2, 0) is 4.79 Å². The van der Waals surface area contributed by atoms with E-state index in [0.29, 0.717) is 11.3 Å². The molecule has 0 saturated carbocycles. The van der Waals surface area contributed by atoms with E-state index >= 15 is 0 Å². The fraction of sp³-hybridized carbons (Fsp3) is 0.294. The molecule has 0 fully saturated rings. The van der Waals surface area contributed by atoms with Gasteiger partial charge in [-0.2, -0.15) is 0 Å². The van der Waals surface area contributed by atoms with Gasteiger partial charge in [0.2, 0.25) is 0 Å². The number of rotatable bonds is 4. The van der Waals surface area contributed by atoms with Crippen molar-refractivity contribution in [3.05, 3.63) is 52.3 Å². The van der Waals surface area contributed by atoms with Gasteiger partial charge < -0.3 is 10.8 Å². The van der Waals surface area contributed by atoms with Crippen LogP contribution in [0.1, 0.15) is 40.0 Å². The van der Waals surface area contributed by atoms with Gasteiger partial charge in [0.1, 0.15) is 0 Å². The Kier molecular flexibility index (Phi) is 5.12. The summed E-state index contributed by atoms with van der Waals surface area (Å²) < 4.78 is 13.4. The number of nitrogens with two attached hydrogens (primary N) is 1. The molecule has 0 radical (unpaired) electrons. The van der Waals surface area contributed by atoms with E-state index in [0.717, 1.165) is 27.8 Å². The van der Waals surface area contributed by atoms with Crippen LogP contribution in [0.25, 0.3) is 11.1 Å². The molecule has 0 saturated heterocycles. The Labute approximate surface area is 137 Å². The number of hydrogen-bond donors (Lipinski definition) is 2. The fourth-order valence-corrected chi connectivity index (χ4v) is 3.13. The van der Waals surface area contributed by atoms with Gasteiger partial charge >= 0.3 is 0 Å². The number of hydrogen-bond acceptors (Lipinski definition) is 3. The van der Waals surface area contributed by atoms with Crippen molar-refractivity contribution in [1.29, 1.82) is 0 Å². The molecule has 1 amide bonds. The number of carbonyl (C=O) groups excluding carboxylic acids is 1. The number of carbonyl (C=O) groups is 1. The van der Waals surface area contributed by atoms with Crippen molar-refractivity contribution < 1.29 is 14.3 Å². The van der Waals surface area contributed by atoms with Crippen molar-refractivity contribution in [1.82, 2.24) is 4.98 Å². The first-order valence-corrected chi connectivity index (χ1v) is 7.84. The summed E-state index contributed by atoms with van der Waals surface area (Å²) in [6.07, 6.45) is 0.312. The second kappa shape index (κ2) is 6.73. The van der Waals surface area contributed by atoms with Crippen LogP contribution in [0, 0.1) is 20.8 Å². The highest BCUT2D eigenvalue weighted by atomic mass is 31.0. The third kappa shape index (κ3) is 3.57. The number of aliphatic hydroxyl groups excluding tert-OH is 1. The Morgan fingerprint density at radius 3 is 2.22 bits per heavy atom. The van der Waals surface area contributed by atoms with Crippen LogP contribution in [0.5, 0.6) is 0 Å². The highest BCUT2D eigenvalue weighted by molar-refractivity contribution is 7.16. The Hall–Kier alpha value is -1.84. The monoisotopic (exact) mass is 334 g/mol. The number of amides is 1. The van der Waals surface area contributed by atoms with Crippen LogP contribution in [0.2, 0.25) is 0 Å². The third-order valence-electron chi connectivity index (χ3n) is 3.81. The number of nitrogens with zero attached hydrogens (tertiary/aromatic N) is 1. The number of aryl methyl sites for hydroxylation is 3. The van der Waals surface area contributed by atoms with Gasteiger partial charge in [-0.05, 0) is 54.7 Å². The predicted octanol–water partition coefficient (Wildman–Crippen LogP) is 3.04. The van der Waals surface area contributed by atoms with Crippen LogP contribution in [0.15, 0.2) is 24.4 Å². The van der Waals surface area contributed by atoms with E-state index in [9.17, 15) is 14.3 Å². The second-order valence-electron chi connectivity index (χ2n) is 5.66. The SMILES string of the molecule is Cc1cc(-c2c(C)cc(C(O)C(N)=O)cc2C)cnc1C(F)P. The number of aromatic nitrogens is 1. The Balaban J connectivity index is 2.53. The van der Waals surface area contributed by atoms with E-state index in [2.05, 4.69) is 14.2 Å². The Bertz CT molecular complexity index is 739. The van der Waals surface area contributed by atoms with Gasteiger partial charge in [-0.15, -0.1) is 0 Å². The van der Waals surface area contributed by atoms with Gasteiger partial charge in [-0.3, -0.25) is 9.78 Å². The molecule has 2 aromatic rings. The molecule has 0 bridgehead atoms. The van der Waals surface area contributed by atoms with Crippen molar-refractivity contribution in [2.24, 2.45) is 5.73 Å². The zero-order chi connectivity index (χ0) is 17.3. The first kappa shape index (κ1) is 17.5. The second-order valence-corrected chi connectivity index (χ2v) is 6.25. The molecule has 3 atom stereocenters. The molecule has 4 nitrogen and oxygen atoms in total. The van der Waals surface area contributed by atoms with Gasteiger partial charge in [-0.1, -0.05) is 21.4 Å². The van der Waals surface area contributed by atoms with E-state index in [-0.39, 0.29) is 0 Å². The third-order valence-corrected chi connectivity index (χ3v) is 4.12. The number of primary amides is 1. The standard InChI is InChI=1S/C17H20FN2O2P/c1-8-4-11(15(21)17(19)22)5-9(2)13(8)12-6-10(3)14(16(18)23)20-7-12/h4-7,15-16,21H,23H2,1-3H3,(H2,19,22). The largest absolute Gasteiger partial charge is 0.378 e. The molecule has 0 aliphatic heterocycles. The lowest BCUT2D eigenvalue weighted by Gasteiger charge is -2.16. The van der Waals surface area contributed by atoms with Crippen LogP contribution in [-0.4, -0.2) is 16.0 Å². The van der Waals surface area contributed by atoms with E-state index in [1.165, 1.54) is 0 Å². The molecule has 6 heteroatoms. The maximum absolute atomic E-state index is 13.4. The quantitative estimate of drug-likeness (QED) is 0.844. The molecular formula is C17H20FN2O2P. The van der Waals surface area contributed by atoms with Crippen LogP contribution < -0.4 is 5.73 Å². The summed E-state index contributed by atoms with van der Waals surface area (Å²) in [6.45, 7) is 5.59. The normalized spacial score (nSPS) is 13.7. The number of halogens is 1. The number of benzene rings is 1. The van der Waals surface area contributed by atoms with E-state index in [1.807, 2.05) is 26.8 Å². The van der Waals surface area contributed by atoms with Crippen molar-refractivity contribution in [3.63, 3.8) is 0 Å². The minimum atomic E-state index is -1.33. The fourth-order valence-electron chi connectivity index (χ4n) is 2.79. The number of pyridine rings is 1. The van der Waals surface area contributed by atoms with E-state index in [1.54, 1.807) is 18.3 Å². The Morgan fingerprint density at radius 2 is 1.78 bits per heavy atom. The van der Waals surface area contributed by atoms with E-state index < -0.39 is 17.9 Å². The average Bonchev–Trinajstić information content (AvgIpc) is 2.45. The summed E-state index contributed by atoms with van der Waals surface area (Å²) in [5.74, 6) is -1.98. The van der Waals surface area contributed by atoms with Gasteiger partial charge in [0.05, 0.1) is 5.69 Å². The molecule has 122 valence electrons. The number of aliphatic hydroxyl groups is 1. The highest BCUT2D eigenvalue weighted by Gasteiger charge is 2.18. The maximum Gasteiger partial charge on any atom is 0.250 e. The first-order chi connectivity index (χ1) is 10.7. The van der Waals surface area contributed by atoms with Crippen LogP contribution >= 0.6 is 9.24 Å². The van der Waals surface area contributed by atoms with Gasteiger partial charge in [0, 0.05) is 11.8 Å². The van der Waals surface area contributed by atoms with Gasteiger partial charge in [0.25, 0.3) is 5.91 Å². The summed E-state index contributed by atoms with van der Waals surface area (Å²) in [7, 11) is 2.09. The van der Waals surface area contributed by atoms with Crippen LogP contribution in [0.4, 0.5) is 4.39 Å². The summed E-state index contributed by atoms with van der Waals surface area (Å²) in [4.78, 5) is 15.4. The topological polar surface area (TPSA) is 76.2 Å². The maximum atomic E-state index is 13.4. The molecule has 1 aromatic heterocycles. The molecule has 2 rings (SSSR count). The molecule has 0 aliphatic carbocycles. The minimum Gasteiger partial charge on any atom is -0.378 e. The summed E-state index contributed by atoms with van der Waals surface area (Å²) in [6, 6.07) is 5.35. The lowest BCUT2D eigenvalue weighted by atomic mass is 9.92. The first-order valence-electron chi connectivity index (χ1n) is 7.17. The van der Waals surface area contributed by atoms with Crippen molar-refractivity contribution in [3.8, 4) is 11.1 Å².